The number of nitrogens with one attached hydrogen (secondary N) is 2. The Hall–Kier alpha value is -2.89. The van der Waals surface area contributed by atoms with E-state index in [1.807, 2.05) is 6.07 Å². The van der Waals surface area contributed by atoms with Crippen LogP contribution >= 0.6 is 0 Å². The highest BCUT2D eigenvalue weighted by molar-refractivity contribution is 7.89. The summed E-state index contributed by atoms with van der Waals surface area (Å²) in [4.78, 5) is 11.7. The van der Waals surface area contributed by atoms with Gasteiger partial charge in [0, 0.05) is 5.69 Å². The molecule has 0 heterocycles. The van der Waals surface area contributed by atoms with Crippen molar-refractivity contribution in [1.29, 1.82) is 5.26 Å². The topological polar surface area (TPSA) is 125 Å². The zero-order valence-corrected chi connectivity index (χ0v) is 12.1. The van der Waals surface area contributed by atoms with Gasteiger partial charge in [-0.05, 0) is 36.4 Å². The number of amides is 2. The third-order valence-electron chi connectivity index (χ3n) is 2.71. The number of urea groups is 1. The van der Waals surface area contributed by atoms with Gasteiger partial charge < -0.3 is 10.6 Å². The first-order chi connectivity index (χ1) is 10.4. The van der Waals surface area contributed by atoms with E-state index in [1.54, 1.807) is 30.3 Å². The molecule has 2 rings (SSSR count). The van der Waals surface area contributed by atoms with E-state index in [1.165, 1.54) is 18.2 Å². The van der Waals surface area contributed by atoms with Crippen molar-refractivity contribution in [1.82, 2.24) is 0 Å². The van der Waals surface area contributed by atoms with Gasteiger partial charge in [0.05, 0.1) is 17.3 Å². The highest BCUT2D eigenvalue weighted by Gasteiger charge is 2.14. The molecule has 0 bridgehead atoms. The summed E-state index contributed by atoms with van der Waals surface area (Å²) in [5.41, 5.74) is 1.01. The largest absolute Gasteiger partial charge is 0.323 e. The number of carbonyl (C=O) groups excluding carboxylic acids is 1. The van der Waals surface area contributed by atoms with Gasteiger partial charge in [0.25, 0.3) is 0 Å². The van der Waals surface area contributed by atoms with E-state index >= 15 is 0 Å². The second-order valence-electron chi connectivity index (χ2n) is 4.31. The van der Waals surface area contributed by atoms with Gasteiger partial charge in [-0.15, -0.1) is 0 Å². The van der Waals surface area contributed by atoms with Crippen molar-refractivity contribution < 1.29 is 13.2 Å². The van der Waals surface area contributed by atoms with Crippen molar-refractivity contribution in [2.24, 2.45) is 5.14 Å². The zero-order chi connectivity index (χ0) is 16.2. The summed E-state index contributed by atoms with van der Waals surface area (Å²) in [5, 5.41) is 18.7. The number of nitrogens with zero attached hydrogens (tertiary/aromatic N) is 1. The average Bonchev–Trinajstić information content (AvgIpc) is 2.47. The molecule has 0 fully saturated rings. The Labute approximate surface area is 127 Å². The number of anilines is 2. The fourth-order valence-electron chi connectivity index (χ4n) is 1.73. The number of nitrogens with two attached hydrogens (primary N) is 1. The fourth-order valence-corrected chi connectivity index (χ4v) is 2.42. The highest BCUT2D eigenvalue weighted by atomic mass is 32.2. The molecule has 0 radical (unpaired) electrons. The van der Waals surface area contributed by atoms with Crippen LogP contribution in [0.5, 0.6) is 0 Å². The number of nitriles is 1. The lowest BCUT2D eigenvalue weighted by Crippen LogP contribution is -2.22. The van der Waals surface area contributed by atoms with Gasteiger partial charge >= 0.3 is 6.03 Å². The standard InChI is InChI=1S/C14H12N4O3S/c15-9-10-5-7-11(8-6-10)17-14(19)18-12-3-1-2-4-13(12)22(16,20)21/h1-8H,(H2,16,20,21)(H2,17,18,19). The summed E-state index contributed by atoms with van der Waals surface area (Å²) in [6.45, 7) is 0. The Morgan fingerprint density at radius 1 is 1.05 bits per heavy atom. The molecular formula is C14H12N4O3S. The monoisotopic (exact) mass is 316 g/mol. The third-order valence-corrected chi connectivity index (χ3v) is 3.68. The van der Waals surface area contributed by atoms with E-state index in [-0.39, 0.29) is 10.6 Å². The van der Waals surface area contributed by atoms with E-state index < -0.39 is 16.1 Å². The number of benzene rings is 2. The van der Waals surface area contributed by atoms with E-state index in [4.69, 9.17) is 10.4 Å². The Kier molecular flexibility index (Phi) is 4.41. The zero-order valence-electron chi connectivity index (χ0n) is 11.3. The maximum Gasteiger partial charge on any atom is 0.323 e. The lowest BCUT2D eigenvalue weighted by molar-refractivity contribution is 0.262. The van der Waals surface area contributed by atoms with Gasteiger partial charge in [-0.3, -0.25) is 0 Å². The molecule has 0 aliphatic rings. The minimum atomic E-state index is -3.94. The molecule has 0 atom stereocenters. The summed E-state index contributed by atoms with van der Waals surface area (Å²) < 4.78 is 22.9. The van der Waals surface area contributed by atoms with E-state index in [0.29, 0.717) is 11.3 Å². The van der Waals surface area contributed by atoms with Gasteiger partial charge in [0.15, 0.2) is 0 Å². The lowest BCUT2D eigenvalue weighted by atomic mass is 10.2. The second-order valence-corrected chi connectivity index (χ2v) is 5.84. The molecule has 7 nitrogen and oxygen atoms in total. The molecule has 0 saturated heterocycles. The van der Waals surface area contributed by atoms with Crippen LogP contribution in [0.15, 0.2) is 53.4 Å². The molecule has 0 aromatic heterocycles. The summed E-state index contributed by atoms with van der Waals surface area (Å²) in [7, 11) is -3.94. The van der Waals surface area contributed by atoms with Gasteiger partial charge in [-0.2, -0.15) is 5.26 Å². The van der Waals surface area contributed by atoms with Crippen LogP contribution in [0.3, 0.4) is 0 Å². The van der Waals surface area contributed by atoms with E-state index in [2.05, 4.69) is 10.6 Å². The molecule has 2 amide bonds. The molecule has 2 aromatic carbocycles. The number of sulfonamides is 1. The fraction of sp³-hybridized carbons (Fsp3) is 0. The van der Waals surface area contributed by atoms with Crippen LogP contribution in [0.2, 0.25) is 0 Å². The molecule has 4 N–H and O–H groups in total. The SMILES string of the molecule is N#Cc1ccc(NC(=O)Nc2ccccc2S(N)(=O)=O)cc1. The van der Waals surface area contributed by atoms with Crippen molar-refractivity contribution in [3.05, 3.63) is 54.1 Å². The number of carbonyl (C=O) groups is 1. The Morgan fingerprint density at radius 3 is 2.27 bits per heavy atom. The van der Waals surface area contributed by atoms with Crippen molar-refractivity contribution in [3.63, 3.8) is 0 Å². The summed E-state index contributed by atoms with van der Waals surface area (Å²) in [6.07, 6.45) is 0. The van der Waals surface area contributed by atoms with E-state index in [0.717, 1.165) is 0 Å². The quantitative estimate of drug-likeness (QED) is 0.799. The van der Waals surface area contributed by atoms with Crippen LogP contribution in [0.4, 0.5) is 16.2 Å². The molecule has 0 aliphatic heterocycles. The van der Waals surface area contributed by atoms with Crippen LogP contribution in [0, 0.1) is 11.3 Å². The Balaban J connectivity index is 2.14. The molecule has 0 unspecified atom stereocenters. The molecule has 0 aliphatic carbocycles. The number of rotatable bonds is 3. The molecule has 2 aromatic rings. The first-order valence-corrected chi connectivity index (χ1v) is 7.65. The molecule has 22 heavy (non-hydrogen) atoms. The number of primary sulfonamides is 1. The van der Waals surface area contributed by atoms with Crippen molar-refractivity contribution >= 4 is 27.4 Å². The van der Waals surface area contributed by atoms with Crippen LogP contribution in [-0.2, 0) is 10.0 Å². The van der Waals surface area contributed by atoms with Crippen LogP contribution in [0.25, 0.3) is 0 Å². The maximum atomic E-state index is 11.9. The van der Waals surface area contributed by atoms with E-state index in [9.17, 15) is 13.2 Å². The normalized spacial score (nSPS) is 10.5. The third kappa shape index (κ3) is 3.82. The molecular weight excluding hydrogens is 304 g/mol. The number of hydrogen-bond donors (Lipinski definition) is 3. The minimum absolute atomic E-state index is 0.0798. The van der Waals surface area contributed by atoms with Gasteiger partial charge in [0.1, 0.15) is 4.90 Å². The van der Waals surface area contributed by atoms with Gasteiger partial charge in [-0.25, -0.2) is 18.4 Å². The number of hydrogen-bond acceptors (Lipinski definition) is 4. The highest BCUT2D eigenvalue weighted by Crippen LogP contribution is 2.19. The minimum Gasteiger partial charge on any atom is -0.308 e. The van der Waals surface area contributed by atoms with Gasteiger partial charge in [-0.1, -0.05) is 12.1 Å². The molecule has 112 valence electrons. The van der Waals surface area contributed by atoms with Gasteiger partial charge in [0.2, 0.25) is 10.0 Å². The smallest absolute Gasteiger partial charge is 0.308 e. The van der Waals surface area contributed by atoms with Crippen molar-refractivity contribution in [3.8, 4) is 6.07 Å². The van der Waals surface area contributed by atoms with Crippen molar-refractivity contribution in [2.75, 3.05) is 10.6 Å². The Bertz CT molecular complexity index is 839. The van der Waals surface area contributed by atoms with Crippen LogP contribution < -0.4 is 15.8 Å². The number of para-hydroxylation sites is 1. The predicted octanol–water partition coefficient (Wildman–Crippen LogP) is 1.85. The summed E-state index contributed by atoms with van der Waals surface area (Å²) in [6, 6.07) is 13.4. The lowest BCUT2D eigenvalue weighted by Gasteiger charge is -2.10. The molecule has 8 heteroatoms. The molecule has 0 saturated carbocycles. The van der Waals surface area contributed by atoms with Crippen LogP contribution in [-0.4, -0.2) is 14.4 Å². The predicted molar refractivity (Wildman–Crippen MR) is 81.6 cm³/mol. The summed E-state index contributed by atoms with van der Waals surface area (Å²) in [5.74, 6) is 0. The summed E-state index contributed by atoms with van der Waals surface area (Å²) >= 11 is 0. The second kappa shape index (κ2) is 6.26. The first kappa shape index (κ1) is 15.5. The first-order valence-electron chi connectivity index (χ1n) is 6.10. The average molecular weight is 316 g/mol. The maximum absolute atomic E-state index is 11.9. The van der Waals surface area contributed by atoms with Crippen molar-refractivity contribution in [2.45, 2.75) is 4.90 Å². The van der Waals surface area contributed by atoms with Crippen LogP contribution in [0.1, 0.15) is 5.56 Å². The molecule has 0 spiro atoms. The Morgan fingerprint density at radius 2 is 1.68 bits per heavy atom.